The van der Waals surface area contributed by atoms with E-state index >= 15 is 0 Å². The molecule has 0 bridgehead atoms. The predicted molar refractivity (Wildman–Crippen MR) is 98.8 cm³/mol. The fourth-order valence-corrected chi connectivity index (χ4v) is 4.02. The van der Waals surface area contributed by atoms with E-state index in [0.29, 0.717) is 36.2 Å². The Hall–Kier alpha value is -2.92. The first-order chi connectivity index (χ1) is 13.5. The van der Waals surface area contributed by atoms with E-state index < -0.39 is 5.82 Å². The zero-order chi connectivity index (χ0) is 19.7. The molecule has 2 atom stereocenters. The van der Waals surface area contributed by atoms with Crippen molar-refractivity contribution in [3.8, 4) is 6.07 Å². The quantitative estimate of drug-likeness (QED) is 0.870. The predicted octanol–water partition coefficient (Wildman–Crippen LogP) is 1.89. The molecule has 0 spiro atoms. The largest absolute Gasteiger partial charge is 0.463 e. The zero-order valence-corrected chi connectivity index (χ0v) is 15.4. The van der Waals surface area contributed by atoms with Crippen LogP contribution in [0.2, 0.25) is 0 Å². The van der Waals surface area contributed by atoms with Crippen LogP contribution in [0.5, 0.6) is 0 Å². The van der Waals surface area contributed by atoms with Gasteiger partial charge in [0.25, 0.3) is 5.91 Å². The fourth-order valence-electron chi connectivity index (χ4n) is 4.02. The maximum atomic E-state index is 13.5. The molecule has 4 rings (SSSR count). The molecule has 2 saturated heterocycles. The zero-order valence-electron chi connectivity index (χ0n) is 15.4. The van der Waals surface area contributed by atoms with Gasteiger partial charge in [-0.3, -0.25) is 14.5 Å². The van der Waals surface area contributed by atoms with Crippen molar-refractivity contribution < 1.29 is 18.4 Å². The smallest absolute Gasteiger partial charge is 0.255 e. The molecule has 2 aromatic rings. The topological polar surface area (TPSA) is 89.6 Å². The first-order valence-electron chi connectivity index (χ1n) is 9.44. The molecule has 8 heteroatoms. The van der Waals surface area contributed by atoms with Crippen LogP contribution < -0.4 is 5.32 Å². The van der Waals surface area contributed by atoms with E-state index in [1.54, 1.807) is 4.90 Å². The lowest BCUT2D eigenvalue weighted by molar-refractivity contribution is -0.132. The number of halogens is 1. The number of hydrogen-bond acceptors (Lipinski definition) is 5. The number of rotatable bonds is 4. The maximum Gasteiger partial charge on any atom is 0.255 e. The summed E-state index contributed by atoms with van der Waals surface area (Å²) in [7, 11) is 0. The second-order valence-electron chi connectivity index (χ2n) is 7.36. The average molecular weight is 384 g/mol. The van der Waals surface area contributed by atoms with Gasteiger partial charge in [-0.1, -0.05) is 0 Å². The van der Waals surface area contributed by atoms with Gasteiger partial charge in [0, 0.05) is 31.1 Å². The Morgan fingerprint density at radius 1 is 1.32 bits per heavy atom. The minimum absolute atomic E-state index is 0.0349. The number of carbonyl (C=O) groups excluding carboxylic acids is 2. The van der Waals surface area contributed by atoms with Crippen molar-refractivity contribution in [2.45, 2.75) is 31.3 Å². The van der Waals surface area contributed by atoms with E-state index in [2.05, 4.69) is 11.4 Å². The lowest BCUT2D eigenvalue weighted by Crippen LogP contribution is -2.43. The van der Waals surface area contributed by atoms with Crippen LogP contribution in [-0.4, -0.2) is 59.9 Å². The van der Waals surface area contributed by atoms with Gasteiger partial charge in [0.15, 0.2) is 0 Å². The SMILES string of the molecule is N#CC1CCCN1C(=O)CN1CCC(NC(=O)c2coc3ccc(F)cc23)C1. The van der Waals surface area contributed by atoms with Gasteiger partial charge in [0.2, 0.25) is 5.91 Å². The Kier molecular flexibility index (Phi) is 5.01. The number of likely N-dealkylation sites (tertiary alicyclic amines) is 2. The summed E-state index contributed by atoms with van der Waals surface area (Å²) in [5, 5.41) is 12.5. The number of fused-ring (bicyclic) bond motifs is 1. The Bertz CT molecular complexity index is 951. The number of nitrogens with one attached hydrogen (secondary N) is 1. The summed E-state index contributed by atoms with van der Waals surface area (Å²) in [5.41, 5.74) is 0.765. The maximum absolute atomic E-state index is 13.5. The minimum Gasteiger partial charge on any atom is -0.463 e. The van der Waals surface area contributed by atoms with Crippen molar-refractivity contribution in [2.75, 3.05) is 26.2 Å². The molecule has 1 N–H and O–H groups in total. The van der Waals surface area contributed by atoms with Gasteiger partial charge in [-0.05, 0) is 37.5 Å². The van der Waals surface area contributed by atoms with Crippen LogP contribution in [0.25, 0.3) is 11.0 Å². The molecule has 1 aromatic heterocycles. The standard InChI is InChI=1S/C20H21FN4O3/c21-13-3-4-18-16(8-13)17(12-28-18)20(27)23-14-5-7-24(10-14)11-19(26)25-6-1-2-15(25)9-22/h3-4,8,12,14-15H,1-2,5-7,10-11H2,(H,23,27). The number of amides is 2. The fraction of sp³-hybridized carbons (Fsp3) is 0.450. The van der Waals surface area contributed by atoms with Crippen molar-refractivity contribution in [3.63, 3.8) is 0 Å². The molecule has 0 saturated carbocycles. The van der Waals surface area contributed by atoms with E-state index in [9.17, 15) is 14.0 Å². The van der Waals surface area contributed by atoms with Crippen molar-refractivity contribution in [1.82, 2.24) is 15.1 Å². The molecule has 28 heavy (non-hydrogen) atoms. The Morgan fingerprint density at radius 2 is 2.18 bits per heavy atom. The van der Waals surface area contributed by atoms with Crippen LogP contribution >= 0.6 is 0 Å². The van der Waals surface area contributed by atoms with Crippen LogP contribution in [0.1, 0.15) is 29.6 Å². The molecular formula is C20H21FN4O3. The van der Waals surface area contributed by atoms with Crippen molar-refractivity contribution in [3.05, 3.63) is 35.8 Å². The average Bonchev–Trinajstić information content (AvgIpc) is 3.40. The van der Waals surface area contributed by atoms with Crippen LogP contribution in [-0.2, 0) is 4.79 Å². The Morgan fingerprint density at radius 3 is 3.00 bits per heavy atom. The number of carbonyl (C=O) groups is 2. The third-order valence-corrected chi connectivity index (χ3v) is 5.47. The second-order valence-corrected chi connectivity index (χ2v) is 7.36. The molecule has 3 heterocycles. The Labute approximate surface area is 161 Å². The van der Waals surface area contributed by atoms with Crippen molar-refractivity contribution >= 4 is 22.8 Å². The number of furan rings is 1. The number of nitrogens with zero attached hydrogens (tertiary/aromatic N) is 3. The molecule has 2 fully saturated rings. The van der Waals surface area contributed by atoms with Crippen molar-refractivity contribution in [2.24, 2.45) is 0 Å². The summed E-state index contributed by atoms with van der Waals surface area (Å²) in [6, 6.07) is 5.84. The lowest BCUT2D eigenvalue weighted by atomic mass is 10.1. The summed E-state index contributed by atoms with van der Waals surface area (Å²) in [6.07, 6.45) is 3.66. The van der Waals surface area contributed by atoms with Gasteiger partial charge in [0.05, 0.1) is 18.2 Å². The second kappa shape index (κ2) is 7.60. The molecular weight excluding hydrogens is 363 g/mol. The van der Waals surface area contributed by atoms with E-state index in [-0.39, 0.29) is 30.4 Å². The highest BCUT2D eigenvalue weighted by atomic mass is 19.1. The molecule has 0 aliphatic carbocycles. The van der Waals surface area contributed by atoms with Crippen LogP contribution in [0, 0.1) is 17.1 Å². The minimum atomic E-state index is -0.425. The third-order valence-electron chi connectivity index (χ3n) is 5.47. The van der Waals surface area contributed by atoms with Gasteiger partial charge in [-0.2, -0.15) is 5.26 Å². The summed E-state index contributed by atoms with van der Waals surface area (Å²) in [6.45, 7) is 2.15. The highest BCUT2D eigenvalue weighted by Gasteiger charge is 2.32. The molecule has 146 valence electrons. The van der Waals surface area contributed by atoms with Crippen LogP contribution in [0.4, 0.5) is 4.39 Å². The molecule has 2 unspecified atom stereocenters. The van der Waals surface area contributed by atoms with Gasteiger partial charge in [0.1, 0.15) is 23.7 Å². The monoisotopic (exact) mass is 384 g/mol. The number of benzene rings is 1. The highest BCUT2D eigenvalue weighted by molar-refractivity contribution is 6.06. The number of nitriles is 1. The summed E-state index contributed by atoms with van der Waals surface area (Å²) in [4.78, 5) is 28.7. The lowest BCUT2D eigenvalue weighted by Gasteiger charge is -2.23. The highest BCUT2D eigenvalue weighted by Crippen LogP contribution is 2.23. The third kappa shape index (κ3) is 3.58. The molecule has 2 aliphatic rings. The molecule has 1 aromatic carbocycles. The van der Waals surface area contributed by atoms with Crippen LogP contribution in [0.3, 0.4) is 0 Å². The first-order valence-corrected chi connectivity index (χ1v) is 9.44. The Balaban J connectivity index is 1.34. The van der Waals surface area contributed by atoms with Gasteiger partial charge in [-0.15, -0.1) is 0 Å². The molecule has 2 amide bonds. The van der Waals surface area contributed by atoms with E-state index in [0.717, 1.165) is 19.3 Å². The van der Waals surface area contributed by atoms with E-state index in [4.69, 9.17) is 9.68 Å². The molecule has 7 nitrogen and oxygen atoms in total. The molecule has 2 aliphatic heterocycles. The van der Waals surface area contributed by atoms with Crippen LogP contribution in [0.15, 0.2) is 28.9 Å². The van der Waals surface area contributed by atoms with E-state index in [1.807, 2.05) is 4.90 Å². The van der Waals surface area contributed by atoms with Gasteiger partial charge < -0.3 is 14.6 Å². The van der Waals surface area contributed by atoms with Gasteiger partial charge in [-0.25, -0.2) is 4.39 Å². The normalized spacial score (nSPS) is 22.5. The van der Waals surface area contributed by atoms with Crippen molar-refractivity contribution in [1.29, 1.82) is 5.26 Å². The summed E-state index contributed by atoms with van der Waals surface area (Å²) in [5.74, 6) is -0.773. The van der Waals surface area contributed by atoms with Gasteiger partial charge >= 0.3 is 0 Å². The summed E-state index contributed by atoms with van der Waals surface area (Å²) < 4.78 is 18.8. The summed E-state index contributed by atoms with van der Waals surface area (Å²) >= 11 is 0. The first kappa shape index (κ1) is 18.4. The van der Waals surface area contributed by atoms with E-state index in [1.165, 1.54) is 24.5 Å². The number of hydrogen-bond donors (Lipinski definition) is 1. The molecule has 0 radical (unpaired) electrons.